The molecule has 0 amide bonds. The molecule has 0 fully saturated rings. The predicted molar refractivity (Wildman–Crippen MR) is 71.0 cm³/mol. The second-order valence-electron chi connectivity index (χ2n) is 5.20. The fourth-order valence-electron chi connectivity index (χ4n) is 1.50. The number of carbonyl (C=O) groups is 2. The highest BCUT2D eigenvalue weighted by Gasteiger charge is 2.15. The van der Waals surface area contributed by atoms with E-state index in [4.69, 9.17) is 9.84 Å². The molecule has 19 heavy (non-hydrogen) atoms. The number of hydrogen-bond acceptors (Lipinski definition) is 4. The molecule has 5 heteroatoms. The van der Waals surface area contributed by atoms with Gasteiger partial charge < -0.3 is 15.2 Å². The third-order valence-electron chi connectivity index (χ3n) is 2.19. The van der Waals surface area contributed by atoms with Crippen LogP contribution in [0.3, 0.4) is 0 Å². The third kappa shape index (κ3) is 6.01. The molecule has 0 radical (unpaired) electrons. The van der Waals surface area contributed by atoms with E-state index in [1.54, 1.807) is 39.0 Å². The van der Waals surface area contributed by atoms with Crippen molar-refractivity contribution in [2.75, 3.05) is 6.54 Å². The Bertz CT molecular complexity index is 463. The van der Waals surface area contributed by atoms with Crippen LogP contribution in [0.4, 0.5) is 0 Å². The van der Waals surface area contributed by atoms with Crippen molar-refractivity contribution < 1.29 is 19.4 Å². The van der Waals surface area contributed by atoms with Crippen molar-refractivity contribution in [3.8, 4) is 0 Å². The highest BCUT2D eigenvalue weighted by Crippen LogP contribution is 2.07. The molecule has 0 bridgehead atoms. The molecule has 0 aliphatic heterocycles. The molecule has 0 saturated heterocycles. The molecule has 0 aromatic heterocycles. The monoisotopic (exact) mass is 265 g/mol. The van der Waals surface area contributed by atoms with Crippen molar-refractivity contribution in [2.24, 2.45) is 0 Å². The van der Waals surface area contributed by atoms with E-state index in [1.165, 1.54) is 6.07 Å². The molecular formula is C14H19NO4. The van der Waals surface area contributed by atoms with E-state index >= 15 is 0 Å². The van der Waals surface area contributed by atoms with Gasteiger partial charge in [0.05, 0.1) is 12.1 Å². The number of benzene rings is 1. The quantitative estimate of drug-likeness (QED) is 0.794. The number of esters is 1. The number of carbonyl (C=O) groups excluding carboxylic acids is 1. The molecule has 1 aromatic carbocycles. The van der Waals surface area contributed by atoms with Crippen LogP contribution < -0.4 is 5.32 Å². The van der Waals surface area contributed by atoms with E-state index in [2.05, 4.69) is 5.32 Å². The number of carboxylic acid groups (broad SMARTS) is 1. The van der Waals surface area contributed by atoms with E-state index in [0.29, 0.717) is 6.54 Å². The van der Waals surface area contributed by atoms with Crippen LogP contribution in [0.2, 0.25) is 0 Å². The van der Waals surface area contributed by atoms with Crippen molar-refractivity contribution in [1.82, 2.24) is 5.32 Å². The average Bonchev–Trinajstić information content (AvgIpc) is 2.27. The Morgan fingerprint density at radius 3 is 2.58 bits per heavy atom. The Labute approximate surface area is 112 Å². The van der Waals surface area contributed by atoms with Crippen LogP contribution in [-0.4, -0.2) is 29.2 Å². The summed E-state index contributed by atoms with van der Waals surface area (Å²) in [5.74, 6) is -1.30. The standard InChI is InChI=1S/C14H19NO4/c1-14(2,3)19-12(16)9-15-8-10-5-4-6-11(7-10)13(17)18/h4-7,15H,8-9H2,1-3H3,(H,17,18). The summed E-state index contributed by atoms with van der Waals surface area (Å²) in [6.07, 6.45) is 0. The van der Waals surface area contributed by atoms with Gasteiger partial charge in [-0.05, 0) is 38.5 Å². The summed E-state index contributed by atoms with van der Waals surface area (Å²) in [5, 5.41) is 11.8. The highest BCUT2D eigenvalue weighted by atomic mass is 16.6. The second kappa shape index (κ2) is 6.33. The van der Waals surface area contributed by atoms with E-state index < -0.39 is 11.6 Å². The normalized spacial score (nSPS) is 11.1. The fourth-order valence-corrected chi connectivity index (χ4v) is 1.50. The maximum absolute atomic E-state index is 11.4. The van der Waals surface area contributed by atoms with Crippen LogP contribution in [0.1, 0.15) is 36.7 Å². The molecule has 5 nitrogen and oxygen atoms in total. The van der Waals surface area contributed by atoms with Crippen molar-refractivity contribution in [3.63, 3.8) is 0 Å². The van der Waals surface area contributed by atoms with Crippen LogP contribution in [0.5, 0.6) is 0 Å². The number of carboxylic acids is 1. The van der Waals surface area contributed by atoms with Gasteiger partial charge in [-0.3, -0.25) is 4.79 Å². The molecule has 0 saturated carbocycles. The minimum absolute atomic E-state index is 0.0918. The fraction of sp³-hybridized carbons (Fsp3) is 0.429. The van der Waals surface area contributed by atoms with Gasteiger partial charge in [0.15, 0.2) is 0 Å². The van der Waals surface area contributed by atoms with Crippen LogP contribution in [0, 0.1) is 0 Å². The summed E-state index contributed by atoms with van der Waals surface area (Å²) >= 11 is 0. The smallest absolute Gasteiger partial charge is 0.335 e. The number of hydrogen-bond donors (Lipinski definition) is 2. The topological polar surface area (TPSA) is 75.6 Å². The van der Waals surface area contributed by atoms with Gasteiger partial charge in [-0.15, -0.1) is 0 Å². The van der Waals surface area contributed by atoms with Gasteiger partial charge in [0.1, 0.15) is 5.60 Å². The molecule has 0 spiro atoms. The lowest BCUT2D eigenvalue weighted by molar-refractivity contribution is -0.153. The molecule has 104 valence electrons. The van der Waals surface area contributed by atoms with Crippen molar-refractivity contribution in [3.05, 3.63) is 35.4 Å². The summed E-state index contributed by atoms with van der Waals surface area (Å²) in [6.45, 7) is 5.93. The molecule has 1 aromatic rings. The van der Waals surface area contributed by atoms with Gasteiger partial charge in [0.25, 0.3) is 0 Å². The maximum atomic E-state index is 11.4. The summed E-state index contributed by atoms with van der Waals surface area (Å²) in [5.41, 5.74) is 0.544. The lowest BCUT2D eigenvalue weighted by Crippen LogP contribution is -2.31. The highest BCUT2D eigenvalue weighted by molar-refractivity contribution is 5.87. The molecule has 0 aliphatic rings. The molecule has 0 atom stereocenters. The number of rotatable bonds is 5. The molecule has 1 rings (SSSR count). The minimum atomic E-state index is -0.964. The van der Waals surface area contributed by atoms with E-state index in [0.717, 1.165) is 5.56 Å². The van der Waals surface area contributed by atoms with E-state index in [9.17, 15) is 9.59 Å². The Kier molecular flexibility index (Phi) is 5.06. The van der Waals surface area contributed by atoms with Gasteiger partial charge in [0.2, 0.25) is 0 Å². The summed E-state index contributed by atoms with van der Waals surface area (Å²) in [7, 11) is 0. The first-order valence-electron chi connectivity index (χ1n) is 6.03. The van der Waals surface area contributed by atoms with Crippen LogP contribution >= 0.6 is 0 Å². The van der Waals surface area contributed by atoms with Gasteiger partial charge in [-0.2, -0.15) is 0 Å². The molecule has 0 heterocycles. The zero-order valence-corrected chi connectivity index (χ0v) is 11.4. The van der Waals surface area contributed by atoms with Gasteiger partial charge >= 0.3 is 11.9 Å². The molecule has 2 N–H and O–H groups in total. The van der Waals surface area contributed by atoms with Gasteiger partial charge in [-0.25, -0.2) is 4.79 Å². The third-order valence-corrected chi connectivity index (χ3v) is 2.19. The number of aromatic carboxylic acids is 1. The van der Waals surface area contributed by atoms with E-state index in [-0.39, 0.29) is 18.1 Å². The molecule has 0 aliphatic carbocycles. The maximum Gasteiger partial charge on any atom is 0.335 e. The second-order valence-corrected chi connectivity index (χ2v) is 5.20. The van der Waals surface area contributed by atoms with Crippen LogP contribution in [-0.2, 0) is 16.1 Å². The Balaban J connectivity index is 2.43. The summed E-state index contributed by atoms with van der Waals surface area (Å²) in [6, 6.07) is 6.58. The lowest BCUT2D eigenvalue weighted by Gasteiger charge is -2.19. The van der Waals surface area contributed by atoms with Gasteiger partial charge in [0, 0.05) is 6.54 Å². The molecule has 0 unspecified atom stereocenters. The van der Waals surface area contributed by atoms with Crippen molar-refractivity contribution in [1.29, 1.82) is 0 Å². The summed E-state index contributed by atoms with van der Waals surface area (Å²) in [4.78, 5) is 22.2. The lowest BCUT2D eigenvalue weighted by atomic mass is 10.1. The Morgan fingerprint density at radius 2 is 2.00 bits per heavy atom. The summed E-state index contributed by atoms with van der Waals surface area (Å²) < 4.78 is 5.14. The van der Waals surface area contributed by atoms with E-state index in [1.807, 2.05) is 0 Å². The Hall–Kier alpha value is -1.88. The first kappa shape index (κ1) is 15.2. The first-order valence-corrected chi connectivity index (χ1v) is 6.03. The van der Waals surface area contributed by atoms with Gasteiger partial charge in [-0.1, -0.05) is 12.1 Å². The predicted octanol–water partition coefficient (Wildman–Crippen LogP) is 1.82. The Morgan fingerprint density at radius 1 is 1.32 bits per heavy atom. The number of ether oxygens (including phenoxy) is 1. The van der Waals surface area contributed by atoms with Crippen LogP contribution in [0.25, 0.3) is 0 Å². The van der Waals surface area contributed by atoms with Crippen LogP contribution in [0.15, 0.2) is 24.3 Å². The molecular weight excluding hydrogens is 246 g/mol. The largest absolute Gasteiger partial charge is 0.478 e. The first-order chi connectivity index (χ1) is 8.78. The van der Waals surface area contributed by atoms with Crippen molar-refractivity contribution >= 4 is 11.9 Å². The SMILES string of the molecule is CC(C)(C)OC(=O)CNCc1cccc(C(=O)O)c1. The average molecular weight is 265 g/mol. The minimum Gasteiger partial charge on any atom is -0.478 e. The zero-order valence-electron chi connectivity index (χ0n) is 11.4. The zero-order chi connectivity index (χ0) is 14.5. The number of nitrogens with one attached hydrogen (secondary N) is 1. The van der Waals surface area contributed by atoms with Crippen molar-refractivity contribution in [2.45, 2.75) is 32.9 Å².